The maximum absolute atomic E-state index is 12.5. The molecule has 0 amide bonds. The number of H-pyrrole nitrogens is 1. The van der Waals surface area contributed by atoms with E-state index in [9.17, 15) is 19.5 Å². The fraction of sp³-hybridized carbons (Fsp3) is 0.316. The van der Waals surface area contributed by atoms with Gasteiger partial charge in [0, 0.05) is 37.8 Å². The highest BCUT2D eigenvalue weighted by molar-refractivity contribution is 8.02. The van der Waals surface area contributed by atoms with E-state index in [-0.39, 0.29) is 22.8 Å². The van der Waals surface area contributed by atoms with Crippen molar-refractivity contribution >= 4 is 28.8 Å². The Morgan fingerprint density at radius 2 is 1.93 bits per heavy atom. The van der Waals surface area contributed by atoms with Crippen LogP contribution in [0, 0.1) is 0 Å². The first-order chi connectivity index (χ1) is 13.8. The van der Waals surface area contributed by atoms with Crippen molar-refractivity contribution in [2.45, 2.75) is 13.8 Å². The van der Waals surface area contributed by atoms with Crippen molar-refractivity contribution in [3.8, 4) is 5.75 Å². The van der Waals surface area contributed by atoms with Gasteiger partial charge in [-0.25, -0.2) is 0 Å². The fourth-order valence-electron chi connectivity index (χ4n) is 2.29. The molecule has 0 aromatic carbocycles. The molecule has 2 heterocycles. The second-order valence-corrected chi connectivity index (χ2v) is 6.56. The third-order valence-electron chi connectivity index (χ3n) is 3.74. The molecule has 158 valence electrons. The summed E-state index contributed by atoms with van der Waals surface area (Å²) in [7, 11) is 2.93. The average molecular weight is 422 g/mol. The monoisotopic (exact) mass is 421 g/mol. The number of nitrogens with one attached hydrogen (secondary N) is 3. The van der Waals surface area contributed by atoms with E-state index in [1.807, 2.05) is 20.1 Å². The predicted octanol–water partition coefficient (Wildman–Crippen LogP) is 2.09. The van der Waals surface area contributed by atoms with Gasteiger partial charge in [0.05, 0.1) is 5.69 Å². The van der Waals surface area contributed by atoms with Crippen molar-refractivity contribution in [2.24, 2.45) is 14.1 Å². The molecule has 2 rings (SSSR count). The van der Waals surface area contributed by atoms with Gasteiger partial charge >= 0.3 is 0 Å². The van der Waals surface area contributed by atoms with Crippen LogP contribution in [0.25, 0.3) is 0 Å². The van der Waals surface area contributed by atoms with Gasteiger partial charge in [-0.05, 0) is 6.26 Å². The molecule has 4 N–H and O–H groups in total. The number of hydrogen-bond acceptors (Lipinski definition) is 7. The molecular formula is C19H27N5O4S. The topological polar surface area (TPSA) is 121 Å². The quantitative estimate of drug-likeness (QED) is 0.505. The zero-order valence-corrected chi connectivity index (χ0v) is 18.0. The number of thioether (sulfide) groups is 1. The summed E-state index contributed by atoms with van der Waals surface area (Å²) >= 11 is 1.48. The zero-order valence-electron chi connectivity index (χ0n) is 17.2. The first-order valence-corrected chi connectivity index (χ1v) is 10.1. The SMILES string of the molecule is C=C/C=C(/CNc1c(Nc2cn(C)c(=O)cc2O)c(=O)[nH]n(C)c1=O)SC.CC. The lowest BCUT2D eigenvalue weighted by Crippen LogP contribution is -2.32. The third kappa shape index (κ3) is 5.92. The number of rotatable bonds is 7. The number of aryl methyl sites for hydroxylation is 2. The summed E-state index contributed by atoms with van der Waals surface area (Å²) in [6, 6.07) is 1.02. The number of nitrogens with zero attached hydrogens (tertiary/aromatic N) is 2. The molecule has 0 aliphatic carbocycles. The van der Waals surface area contributed by atoms with Crippen LogP contribution < -0.4 is 27.3 Å². The molecule has 0 saturated carbocycles. The zero-order chi connectivity index (χ0) is 22.1. The lowest BCUT2D eigenvalue weighted by molar-refractivity contribution is 0.474. The van der Waals surface area contributed by atoms with Crippen molar-refractivity contribution in [3.63, 3.8) is 0 Å². The van der Waals surface area contributed by atoms with Crippen molar-refractivity contribution < 1.29 is 5.11 Å². The minimum Gasteiger partial charge on any atom is -0.506 e. The molecule has 0 spiro atoms. The second kappa shape index (κ2) is 11.0. The van der Waals surface area contributed by atoms with Crippen LogP contribution in [0.1, 0.15) is 13.8 Å². The molecule has 0 saturated heterocycles. The van der Waals surface area contributed by atoms with E-state index in [0.29, 0.717) is 6.54 Å². The van der Waals surface area contributed by atoms with Crippen molar-refractivity contribution in [1.29, 1.82) is 0 Å². The van der Waals surface area contributed by atoms with Crippen LogP contribution in [0.4, 0.5) is 17.1 Å². The summed E-state index contributed by atoms with van der Waals surface area (Å²) in [5.74, 6) is -0.333. The van der Waals surface area contributed by atoms with Gasteiger partial charge in [0.1, 0.15) is 17.1 Å². The van der Waals surface area contributed by atoms with Gasteiger partial charge in [-0.3, -0.25) is 24.2 Å². The molecule has 9 nitrogen and oxygen atoms in total. The summed E-state index contributed by atoms with van der Waals surface area (Å²) in [6.07, 6.45) is 6.64. The number of aromatic hydroxyl groups is 1. The van der Waals surface area contributed by atoms with E-state index >= 15 is 0 Å². The average Bonchev–Trinajstić information content (AvgIpc) is 2.70. The first-order valence-electron chi connectivity index (χ1n) is 8.88. The maximum Gasteiger partial charge on any atom is 0.290 e. The summed E-state index contributed by atoms with van der Waals surface area (Å²) in [5, 5.41) is 18.1. The number of pyridine rings is 1. The highest BCUT2D eigenvalue weighted by atomic mass is 32.2. The molecule has 29 heavy (non-hydrogen) atoms. The molecule has 0 radical (unpaired) electrons. The van der Waals surface area contributed by atoms with Gasteiger partial charge in [-0.1, -0.05) is 32.6 Å². The van der Waals surface area contributed by atoms with Crippen LogP contribution in [-0.4, -0.2) is 32.3 Å². The Balaban J connectivity index is 0.00000204. The Bertz CT molecular complexity index is 1070. The maximum atomic E-state index is 12.5. The molecule has 0 atom stereocenters. The molecule has 0 bridgehead atoms. The van der Waals surface area contributed by atoms with Crippen molar-refractivity contribution in [2.75, 3.05) is 23.4 Å². The molecular weight excluding hydrogens is 394 g/mol. The van der Waals surface area contributed by atoms with E-state index < -0.39 is 16.7 Å². The molecule has 0 unspecified atom stereocenters. The Morgan fingerprint density at radius 3 is 2.52 bits per heavy atom. The van der Waals surface area contributed by atoms with Crippen molar-refractivity contribution in [3.05, 3.63) is 67.0 Å². The van der Waals surface area contributed by atoms with Crippen LogP contribution in [-0.2, 0) is 14.1 Å². The van der Waals surface area contributed by atoms with E-state index in [4.69, 9.17) is 0 Å². The second-order valence-electron chi connectivity index (χ2n) is 5.63. The number of hydrogen-bond donors (Lipinski definition) is 4. The van der Waals surface area contributed by atoms with Crippen molar-refractivity contribution in [1.82, 2.24) is 14.3 Å². The van der Waals surface area contributed by atoms with Crippen LogP contribution in [0.15, 0.2) is 50.3 Å². The molecule has 0 aliphatic rings. The summed E-state index contributed by atoms with van der Waals surface area (Å²) < 4.78 is 2.30. The van der Waals surface area contributed by atoms with Gasteiger partial charge in [-0.2, -0.15) is 0 Å². The third-order valence-corrected chi connectivity index (χ3v) is 4.54. The predicted molar refractivity (Wildman–Crippen MR) is 121 cm³/mol. The van der Waals surface area contributed by atoms with E-state index in [0.717, 1.165) is 15.7 Å². The Labute approximate surface area is 172 Å². The Kier molecular flexibility index (Phi) is 9.07. The fourth-order valence-corrected chi connectivity index (χ4v) is 2.74. The largest absolute Gasteiger partial charge is 0.506 e. The highest BCUT2D eigenvalue weighted by Crippen LogP contribution is 2.25. The number of anilines is 3. The van der Waals surface area contributed by atoms with E-state index in [1.54, 1.807) is 12.2 Å². The van der Waals surface area contributed by atoms with Crippen LogP contribution in [0.2, 0.25) is 0 Å². The molecule has 2 aromatic rings. The Hall–Kier alpha value is -3.14. The van der Waals surface area contributed by atoms with Crippen LogP contribution in [0.3, 0.4) is 0 Å². The number of aromatic amines is 1. The normalized spacial score (nSPS) is 10.7. The molecule has 10 heteroatoms. The van der Waals surface area contributed by atoms with E-state index in [1.165, 1.54) is 36.6 Å². The van der Waals surface area contributed by atoms with Gasteiger partial charge in [0.2, 0.25) is 0 Å². The van der Waals surface area contributed by atoms with Gasteiger partial charge in [0.25, 0.3) is 16.7 Å². The number of allylic oxidation sites excluding steroid dienone is 2. The number of aromatic nitrogens is 3. The van der Waals surface area contributed by atoms with Gasteiger partial charge in [-0.15, -0.1) is 11.8 Å². The van der Waals surface area contributed by atoms with Gasteiger partial charge < -0.3 is 20.3 Å². The van der Waals surface area contributed by atoms with Crippen LogP contribution >= 0.6 is 11.8 Å². The summed E-state index contributed by atoms with van der Waals surface area (Å²) in [6.45, 7) is 7.95. The molecule has 0 aliphatic heterocycles. The van der Waals surface area contributed by atoms with E-state index in [2.05, 4.69) is 22.3 Å². The molecule has 0 fully saturated rings. The Morgan fingerprint density at radius 1 is 1.28 bits per heavy atom. The van der Waals surface area contributed by atoms with Crippen LogP contribution in [0.5, 0.6) is 5.75 Å². The minimum absolute atomic E-state index is 0.0403. The highest BCUT2D eigenvalue weighted by Gasteiger charge is 2.16. The lowest BCUT2D eigenvalue weighted by Gasteiger charge is -2.15. The summed E-state index contributed by atoms with van der Waals surface area (Å²) in [5.41, 5.74) is -1.34. The first kappa shape index (κ1) is 23.9. The minimum atomic E-state index is -0.564. The smallest absolute Gasteiger partial charge is 0.290 e. The van der Waals surface area contributed by atoms with Gasteiger partial charge in [0.15, 0.2) is 0 Å². The molecule has 2 aromatic heterocycles. The summed E-state index contributed by atoms with van der Waals surface area (Å²) in [4.78, 5) is 37.4. The standard InChI is InChI=1S/C17H21N5O4S.C2H6/c1-5-6-10(27-4)8-18-15-14(16(25)20-22(3)17(15)26)19-11-9-21(2)13(24)7-12(11)23;1-2/h5-7,9,18-19,23H,1,8H2,2-4H3,(H,20,25);1-2H3/b10-6-;. The lowest BCUT2D eigenvalue weighted by atomic mass is 10.3.